The maximum atomic E-state index is 9.31. The molecule has 1 heteroatoms. The summed E-state index contributed by atoms with van der Waals surface area (Å²) in [5.41, 5.74) is 6.89. The van der Waals surface area contributed by atoms with Crippen molar-refractivity contribution in [2.24, 2.45) is 0 Å². The Kier molecular flexibility index (Phi) is 4.69. The Labute approximate surface area is 295 Å². The van der Waals surface area contributed by atoms with Gasteiger partial charge < -0.3 is 4.42 Å². The van der Waals surface area contributed by atoms with Crippen molar-refractivity contribution in [3.05, 3.63) is 182 Å². The van der Waals surface area contributed by atoms with Gasteiger partial charge in [0.15, 0.2) is 0 Å². The van der Waals surface area contributed by atoms with Crippen molar-refractivity contribution in [3.8, 4) is 44.5 Å². The maximum absolute atomic E-state index is 9.31. The molecule has 228 valence electrons. The average molecular weight is 631 g/mol. The quantitative estimate of drug-likeness (QED) is 0.176. The van der Waals surface area contributed by atoms with Crippen molar-refractivity contribution in [1.29, 1.82) is 0 Å². The van der Waals surface area contributed by atoms with Crippen LogP contribution in [0.1, 0.15) is 11.0 Å². The van der Waals surface area contributed by atoms with Crippen molar-refractivity contribution in [2.75, 3.05) is 0 Å². The van der Waals surface area contributed by atoms with Crippen molar-refractivity contribution >= 4 is 54.3 Å². The van der Waals surface area contributed by atoms with Crippen LogP contribution in [0.4, 0.5) is 0 Å². The first kappa shape index (κ1) is 20.7. The minimum atomic E-state index is -0.431. The Morgan fingerprint density at radius 1 is 0.367 bits per heavy atom. The van der Waals surface area contributed by atoms with E-state index in [0.717, 1.165) is 55.0 Å². The smallest absolute Gasteiger partial charge is 0.143 e. The lowest BCUT2D eigenvalue weighted by Crippen LogP contribution is -1.91. The molecule has 1 heterocycles. The van der Waals surface area contributed by atoms with E-state index in [4.69, 9.17) is 9.90 Å². The van der Waals surface area contributed by atoms with Crippen LogP contribution < -0.4 is 0 Å². The van der Waals surface area contributed by atoms with E-state index in [1.165, 1.54) is 0 Å². The van der Waals surface area contributed by atoms with Crippen LogP contribution in [0.2, 0.25) is 0 Å². The van der Waals surface area contributed by atoms with Gasteiger partial charge in [-0.05, 0) is 83.4 Å². The van der Waals surface area contributed by atoms with Gasteiger partial charge in [-0.2, -0.15) is 0 Å². The molecule has 0 bridgehead atoms. The van der Waals surface area contributed by atoms with Crippen LogP contribution in [0.3, 0.4) is 0 Å². The number of hydrogen-bond donors (Lipinski definition) is 0. The van der Waals surface area contributed by atoms with Crippen LogP contribution in [0.25, 0.3) is 98.8 Å². The van der Waals surface area contributed by atoms with Gasteiger partial charge in [0.2, 0.25) is 0 Å². The van der Waals surface area contributed by atoms with Crippen molar-refractivity contribution in [1.82, 2.24) is 0 Å². The highest BCUT2D eigenvalue weighted by atomic mass is 16.3. The van der Waals surface area contributed by atoms with Gasteiger partial charge in [0.05, 0.1) is 11.0 Å². The number of fused-ring (bicyclic) bond motifs is 6. The first-order chi connectivity index (χ1) is 27.6. The molecule has 1 aromatic heterocycles. The standard InChI is InChI=1S/C48H30O/c1-2-11-36-30-37(29-22-31(36)10-1)32-20-25-34(26-21-32)46-40-13-3-5-15-42(40)47(43-16-6-4-14-41(43)46)35-27-23-33(24-28-35)38-17-9-18-44-39-12-7-8-19-45(39)49-48(38)44/h1-30H/i3D,4D,5D,6D,13D,14D,15D,16D. The Morgan fingerprint density at radius 2 is 0.878 bits per heavy atom. The first-order valence-corrected chi connectivity index (χ1v) is 16.2. The molecule has 0 spiro atoms. The summed E-state index contributed by atoms with van der Waals surface area (Å²) in [6, 6.07) is 40.4. The zero-order chi connectivity index (χ0) is 39.3. The maximum Gasteiger partial charge on any atom is 0.143 e. The Balaban J connectivity index is 1.24. The van der Waals surface area contributed by atoms with Gasteiger partial charge in [0.25, 0.3) is 0 Å². The zero-order valence-corrected chi connectivity index (χ0v) is 26.1. The monoisotopic (exact) mass is 630 g/mol. The van der Waals surface area contributed by atoms with Gasteiger partial charge in [-0.15, -0.1) is 0 Å². The Morgan fingerprint density at radius 3 is 1.53 bits per heavy atom. The predicted molar refractivity (Wildman–Crippen MR) is 208 cm³/mol. The highest BCUT2D eigenvalue weighted by Crippen LogP contribution is 2.44. The summed E-state index contributed by atoms with van der Waals surface area (Å²) in [5.74, 6) is 0. The molecule has 0 saturated carbocycles. The third-order valence-corrected chi connectivity index (χ3v) is 9.52. The molecule has 0 saturated heterocycles. The lowest BCUT2D eigenvalue weighted by Gasteiger charge is -2.18. The lowest BCUT2D eigenvalue weighted by molar-refractivity contribution is 0.670. The Bertz CT molecular complexity index is 3230. The van der Waals surface area contributed by atoms with Crippen LogP contribution in [0.15, 0.2) is 186 Å². The van der Waals surface area contributed by atoms with Crippen LogP contribution in [0.5, 0.6) is 0 Å². The first-order valence-electron chi connectivity index (χ1n) is 20.2. The van der Waals surface area contributed by atoms with Gasteiger partial charge in [0.1, 0.15) is 11.2 Å². The van der Waals surface area contributed by atoms with E-state index < -0.39 is 24.2 Å². The topological polar surface area (TPSA) is 13.1 Å². The number of rotatable bonds is 4. The van der Waals surface area contributed by atoms with E-state index in [1.807, 2.05) is 109 Å². The van der Waals surface area contributed by atoms with E-state index in [2.05, 4.69) is 24.3 Å². The normalized spacial score (nSPS) is 14.0. The van der Waals surface area contributed by atoms with Crippen LogP contribution in [0, 0.1) is 0 Å². The molecule has 10 aromatic rings. The van der Waals surface area contributed by atoms with Crippen LogP contribution >= 0.6 is 0 Å². The molecule has 0 radical (unpaired) electrons. The lowest BCUT2D eigenvalue weighted by atomic mass is 9.85. The number of furan rings is 1. The summed E-state index contributed by atoms with van der Waals surface area (Å²) in [6.45, 7) is 0. The second-order valence-corrected chi connectivity index (χ2v) is 12.2. The van der Waals surface area contributed by atoms with Crippen molar-refractivity contribution < 1.29 is 15.4 Å². The fourth-order valence-electron chi connectivity index (χ4n) is 7.19. The molecule has 0 aliphatic rings. The van der Waals surface area contributed by atoms with E-state index in [-0.39, 0.29) is 45.7 Å². The average Bonchev–Trinajstić information content (AvgIpc) is 3.64. The minimum absolute atomic E-state index is 0.180. The molecular formula is C48H30O. The molecule has 1 nitrogen and oxygen atoms in total. The molecular weight excluding hydrogens is 593 g/mol. The summed E-state index contributed by atoms with van der Waals surface area (Å²) in [5, 5.41) is 4.94. The number of benzene rings is 9. The number of para-hydroxylation sites is 2. The second kappa shape index (κ2) is 11.1. The zero-order valence-electron chi connectivity index (χ0n) is 34.1. The summed E-state index contributed by atoms with van der Waals surface area (Å²) in [4.78, 5) is 0. The molecule has 0 N–H and O–H groups in total. The highest BCUT2D eigenvalue weighted by molar-refractivity contribution is 6.21. The minimum Gasteiger partial charge on any atom is -0.455 e. The Hall–Kier alpha value is -6.44. The van der Waals surface area contributed by atoms with Crippen molar-refractivity contribution in [3.63, 3.8) is 0 Å². The summed E-state index contributed by atoms with van der Waals surface area (Å²) < 4.78 is 78.6. The van der Waals surface area contributed by atoms with E-state index in [0.29, 0.717) is 22.3 Å². The van der Waals surface area contributed by atoms with Crippen molar-refractivity contribution in [2.45, 2.75) is 0 Å². The van der Waals surface area contributed by atoms with E-state index >= 15 is 0 Å². The molecule has 0 atom stereocenters. The summed E-state index contributed by atoms with van der Waals surface area (Å²) in [6.07, 6.45) is 0. The fraction of sp³-hybridized carbons (Fsp3) is 0. The third kappa shape index (κ3) is 4.47. The molecule has 9 aromatic carbocycles. The van der Waals surface area contributed by atoms with Gasteiger partial charge in [-0.3, -0.25) is 0 Å². The highest BCUT2D eigenvalue weighted by Gasteiger charge is 2.17. The second-order valence-electron chi connectivity index (χ2n) is 12.2. The SMILES string of the molecule is [2H]c1c([2H])c([2H])c2c(-c3ccc(-c4cccc5c4oc4ccccc45)cc3)c3c([2H])c([2H])c([2H])c([2H])c3c(-c3ccc(-c4ccc5ccccc5c4)cc3)c2c1[2H]. The number of hydrogen-bond acceptors (Lipinski definition) is 1. The molecule has 10 rings (SSSR count). The fourth-order valence-corrected chi connectivity index (χ4v) is 7.19. The van der Waals surface area contributed by atoms with Gasteiger partial charge >= 0.3 is 0 Å². The van der Waals surface area contributed by atoms with Gasteiger partial charge in [-0.1, -0.05) is 170 Å². The largest absolute Gasteiger partial charge is 0.455 e. The van der Waals surface area contributed by atoms with E-state index in [9.17, 15) is 5.48 Å². The molecule has 0 aliphatic heterocycles. The summed E-state index contributed by atoms with van der Waals surface area (Å²) >= 11 is 0. The third-order valence-electron chi connectivity index (χ3n) is 9.52. The summed E-state index contributed by atoms with van der Waals surface area (Å²) in [7, 11) is 0. The predicted octanol–water partition coefficient (Wildman–Crippen LogP) is 13.7. The van der Waals surface area contributed by atoms with Gasteiger partial charge in [0, 0.05) is 16.3 Å². The molecule has 49 heavy (non-hydrogen) atoms. The molecule has 0 fully saturated rings. The van der Waals surface area contributed by atoms with Crippen LogP contribution in [-0.2, 0) is 0 Å². The van der Waals surface area contributed by atoms with Crippen LogP contribution in [-0.4, -0.2) is 0 Å². The molecule has 0 amide bonds. The van der Waals surface area contributed by atoms with Gasteiger partial charge in [-0.25, -0.2) is 0 Å². The molecule has 0 unspecified atom stereocenters. The van der Waals surface area contributed by atoms with E-state index in [1.54, 1.807) is 0 Å². The molecule has 0 aliphatic carbocycles.